The van der Waals surface area contributed by atoms with Crippen molar-refractivity contribution >= 4 is 34.9 Å². The van der Waals surface area contributed by atoms with Crippen LogP contribution in [0.2, 0.25) is 0 Å². The Labute approximate surface area is 175 Å². The van der Waals surface area contributed by atoms with Gasteiger partial charge in [-0.15, -0.1) is 0 Å². The van der Waals surface area contributed by atoms with Gasteiger partial charge in [0.2, 0.25) is 5.91 Å². The lowest BCUT2D eigenvalue weighted by Crippen LogP contribution is -2.40. The molecule has 3 amide bonds. The number of nitrogens with zero attached hydrogens (tertiary/aromatic N) is 1. The molecular formula is C19H20F2N2O6S. The Hall–Kier alpha value is -2.66. The summed E-state index contributed by atoms with van der Waals surface area (Å²) in [6, 6.07) is 4.19. The van der Waals surface area contributed by atoms with Crippen molar-refractivity contribution in [3.05, 3.63) is 28.7 Å². The van der Waals surface area contributed by atoms with Gasteiger partial charge in [0, 0.05) is 19.7 Å². The van der Waals surface area contributed by atoms with Gasteiger partial charge in [-0.25, -0.2) is 0 Å². The Morgan fingerprint density at radius 2 is 2.20 bits per heavy atom. The fourth-order valence-electron chi connectivity index (χ4n) is 3.00. The van der Waals surface area contributed by atoms with E-state index in [0.29, 0.717) is 18.6 Å². The first kappa shape index (κ1) is 22.0. The molecule has 0 spiro atoms. The molecule has 2 aliphatic heterocycles. The SMILES string of the molecule is COc1cc(/C=C2\SC(=O)N(CCNC(=O)C3CCCO3)C2=O)ccc1OC(F)F. The van der Waals surface area contributed by atoms with Gasteiger partial charge >= 0.3 is 6.61 Å². The van der Waals surface area contributed by atoms with Crippen molar-refractivity contribution in [1.29, 1.82) is 0 Å². The molecule has 0 radical (unpaired) electrons. The molecule has 1 aromatic rings. The van der Waals surface area contributed by atoms with E-state index in [0.717, 1.165) is 23.1 Å². The van der Waals surface area contributed by atoms with Gasteiger partial charge in [-0.3, -0.25) is 19.3 Å². The highest BCUT2D eigenvalue weighted by Gasteiger charge is 2.35. The molecule has 11 heteroatoms. The Morgan fingerprint density at radius 3 is 2.87 bits per heavy atom. The van der Waals surface area contributed by atoms with Crippen molar-refractivity contribution in [2.75, 3.05) is 26.8 Å². The third-order valence-electron chi connectivity index (χ3n) is 4.43. The summed E-state index contributed by atoms with van der Waals surface area (Å²) < 4.78 is 39.5. The number of halogens is 2. The number of hydrogen-bond acceptors (Lipinski definition) is 7. The van der Waals surface area contributed by atoms with Gasteiger partial charge in [0.05, 0.1) is 12.0 Å². The maximum Gasteiger partial charge on any atom is 0.387 e. The van der Waals surface area contributed by atoms with Crippen LogP contribution >= 0.6 is 11.8 Å². The van der Waals surface area contributed by atoms with Crippen molar-refractivity contribution in [3.8, 4) is 11.5 Å². The minimum absolute atomic E-state index is 0.0327. The molecule has 1 aromatic carbocycles. The third-order valence-corrected chi connectivity index (χ3v) is 5.34. The zero-order chi connectivity index (χ0) is 21.7. The molecule has 1 N–H and O–H groups in total. The molecule has 2 heterocycles. The second-order valence-electron chi connectivity index (χ2n) is 6.41. The molecule has 0 saturated carbocycles. The van der Waals surface area contributed by atoms with Crippen molar-refractivity contribution in [2.45, 2.75) is 25.6 Å². The van der Waals surface area contributed by atoms with Crippen LogP contribution in [0.1, 0.15) is 18.4 Å². The Balaban J connectivity index is 1.62. The molecule has 162 valence electrons. The molecular weight excluding hydrogens is 422 g/mol. The topological polar surface area (TPSA) is 94.2 Å². The Morgan fingerprint density at radius 1 is 1.40 bits per heavy atom. The third kappa shape index (κ3) is 5.28. The minimum Gasteiger partial charge on any atom is -0.493 e. The molecule has 2 saturated heterocycles. The maximum absolute atomic E-state index is 12.5. The van der Waals surface area contributed by atoms with E-state index >= 15 is 0 Å². The van der Waals surface area contributed by atoms with Gasteiger partial charge in [-0.1, -0.05) is 6.07 Å². The zero-order valence-electron chi connectivity index (χ0n) is 16.1. The highest BCUT2D eigenvalue weighted by molar-refractivity contribution is 8.18. The molecule has 0 bridgehead atoms. The summed E-state index contributed by atoms with van der Waals surface area (Å²) in [5, 5.41) is 2.21. The number of thioether (sulfide) groups is 1. The quantitative estimate of drug-likeness (QED) is 0.619. The molecule has 2 fully saturated rings. The van der Waals surface area contributed by atoms with Gasteiger partial charge in [0.1, 0.15) is 6.10 Å². The summed E-state index contributed by atoms with van der Waals surface area (Å²) in [7, 11) is 1.30. The number of alkyl halides is 2. The van der Waals surface area contributed by atoms with E-state index in [-0.39, 0.29) is 35.4 Å². The largest absolute Gasteiger partial charge is 0.493 e. The van der Waals surface area contributed by atoms with Crippen molar-refractivity contribution in [2.24, 2.45) is 0 Å². The summed E-state index contributed by atoms with van der Waals surface area (Å²) in [6.07, 6.45) is 2.46. The molecule has 1 atom stereocenters. The molecule has 1 unspecified atom stereocenters. The van der Waals surface area contributed by atoms with Gasteiger partial charge < -0.3 is 19.5 Å². The summed E-state index contributed by atoms with van der Waals surface area (Å²) in [5.41, 5.74) is 0.477. The van der Waals surface area contributed by atoms with E-state index in [1.54, 1.807) is 0 Å². The van der Waals surface area contributed by atoms with Crippen LogP contribution in [0, 0.1) is 0 Å². The lowest BCUT2D eigenvalue weighted by Gasteiger charge is -2.14. The fourth-order valence-corrected chi connectivity index (χ4v) is 3.87. The summed E-state index contributed by atoms with van der Waals surface area (Å²) in [4.78, 5) is 37.9. The number of methoxy groups -OCH3 is 1. The van der Waals surface area contributed by atoms with Gasteiger partial charge in [0.15, 0.2) is 11.5 Å². The average Bonchev–Trinajstić information content (AvgIpc) is 3.33. The lowest BCUT2D eigenvalue weighted by molar-refractivity contribution is -0.130. The Bertz CT molecular complexity index is 857. The van der Waals surface area contributed by atoms with Gasteiger partial charge in [-0.2, -0.15) is 8.78 Å². The zero-order valence-corrected chi connectivity index (χ0v) is 16.9. The number of carbonyl (C=O) groups excluding carboxylic acids is 3. The number of ether oxygens (including phenoxy) is 3. The average molecular weight is 442 g/mol. The number of nitrogens with one attached hydrogen (secondary N) is 1. The number of rotatable bonds is 8. The predicted molar refractivity (Wildman–Crippen MR) is 104 cm³/mol. The summed E-state index contributed by atoms with van der Waals surface area (Å²) in [5.74, 6) is -0.823. The smallest absolute Gasteiger partial charge is 0.387 e. The van der Waals surface area contributed by atoms with E-state index in [4.69, 9.17) is 9.47 Å². The molecule has 30 heavy (non-hydrogen) atoms. The number of amides is 3. The number of benzene rings is 1. The van der Waals surface area contributed by atoms with E-state index in [1.807, 2.05) is 0 Å². The summed E-state index contributed by atoms with van der Waals surface area (Å²) >= 11 is 0.758. The van der Waals surface area contributed by atoms with Crippen LogP contribution in [0.3, 0.4) is 0 Å². The van der Waals surface area contributed by atoms with Gasteiger partial charge in [-0.05, 0) is 48.4 Å². The molecule has 3 rings (SSSR count). The van der Waals surface area contributed by atoms with Gasteiger partial charge in [0.25, 0.3) is 11.1 Å². The van der Waals surface area contributed by atoms with Crippen LogP contribution in [0.25, 0.3) is 6.08 Å². The second kappa shape index (κ2) is 9.90. The first-order valence-corrected chi connectivity index (χ1v) is 9.98. The molecule has 8 nitrogen and oxygen atoms in total. The van der Waals surface area contributed by atoms with Crippen LogP contribution in [0.15, 0.2) is 23.1 Å². The van der Waals surface area contributed by atoms with Crippen LogP contribution in [-0.4, -0.2) is 61.5 Å². The summed E-state index contributed by atoms with van der Waals surface area (Å²) in [6.45, 7) is -2.30. The first-order chi connectivity index (χ1) is 14.4. The van der Waals surface area contributed by atoms with Crippen molar-refractivity contribution < 1.29 is 37.4 Å². The first-order valence-electron chi connectivity index (χ1n) is 9.16. The monoisotopic (exact) mass is 442 g/mol. The predicted octanol–water partition coefficient (Wildman–Crippen LogP) is 2.63. The highest BCUT2D eigenvalue weighted by Crippen LogP contribution is 2.34. The molecule has 2 aliphatic rings. The van der Waals surface area contributed by atoms with Crippen molar-refractivity contribution in [1.82, 2.24) is 10.2 Å². The second-order valence-corrected chi connectivity index (χ2v) is 7.41. The normalized spacial score (nSPS) is 20.3. The van der Waals surface area contributed by atoms with E-state index in [1.165, 1.54) is 31.4 Å². The maximum atomic E-state index is 12.5. The van der Waals surface area contributed by atoms with Crippen molar-refractivity contribution in [3.63, 3.8) is 0 Å². The molecule has 0 aliphatic carbocycles. The van der Waals surface area contributed by atoms with Crippen LogP contribution < -0.4 is 14.8 Å². The number of imide groups is 1. The number of carbonyl (C=O) groups is 3. The molecule has 0 aromatic heterocycles. The van der Waals surface area contributed by atoms with Crippen LogP contribution in [0.5, 0.6) is 11.5 Å². The van der Waals surface area contributed by atoms with Crippen LogP contribution in [0.4, 0.5) is 13.6 Å². The lowest BCUT2D eigenvalue weighted by atomic mass is 10.2. The van der Waals surface area contributed by atoms with Crippen LogP contribution in [-0.2, 0) is 14.3 Å². The van der Waals surface area contributed by atoms with E-state index in [9.17, 15) is 23.2 Å². The standard InChI is InChI=1S/C19H20F2N2O6S/c1-27-14-9-11(4-5-12(14)29-18(20)21)10-15-17(25)23(19(26)30-15)7-6-22-16(24)13-3-2-8-28-13/h4-5,9-10,13,18H,2-3,6-8H2,1H3,(H,22,24)/b15-10-. The minimum atomic E-state index is -3.00. The highest BCUT2D eigenvalue weighted by atomic mass is 32.2. The number of hydrogen-bond donors (Lipinski definition) is 1. The van der Waals surface area contributed by atoms with E-state index in [2.05, 4.69) is 10.1 Å². The van der Waals surface area contributed by atoms with E-state index < -0.39 is 23.9 Å². The Kier molecular flexibility index (Phi) is 7.27. The fraction of sp³-hybridized carbons (Fsp3) is 0.421.